The van der Waals surface area contributed by atoms with Crippen molar-refractivity contribution in [3.05, 3.63) is 22.5 Å². The lowest BCUT2D eigenvalue weighted by molar-refractivity contribution is -0.126. The summed E-state index contributed by atoms with van der Waals surface area (Å²) in [5.41, 5.74) is 2.04. The highest BCUT2D eigenvalue weighted by Gasteiger charge is 2.32. The first kappa shape index (κ1) is 25.2. The molecule has 0 saturated carbocycles. The predicted molar refractivity (Wildman–Crippen MR) is 126 cm³/mol. The van der Waals surface area contributed by atoms with Crippen LogP contribution >= 0.6 is 0 Å². The molecule has 9 nitrogen and oxygen atoms in total. The highest BCUT2D eigenvalue weighted by molar-refractivity contribution is 6.00. The molecule has 33 heavy (non-hydrogen) atoms. The molecule has 3 heterocycles. The first-order chi connectivity index (χ1) is 15.7. The molecule has 3 rings (SSSR count). The van der Waals surface area contributed by atoms with E-state index in [0.29, 0.717) is 42.1 Å². The molecule has 2 aliphatic heterocycles. The number of hydrogen-bond donors (Lipinski definition) is 2. The van der Waals surface area contributed by atoms with Gasteiger partial charge in [0.1, 0.15) is 5.69 Å². The smallest absolute Gasteiger partial charge is 0.340 e. The molecule has 9 heteroatoms. The summed E-state index contributed by atoms with van der Waals surface area (Å²) >= 11 is 0. The van der Waals surface area contributed by atoms with Crippen molar-refractivity contribution >= 4 is 17.8 Å². The zero-order valence-electron chi connectivity index (χ0n) is 20.7. The number of ether oxygens (including phenoxy) is 1. The molecule has 0 aromatic carbocycles. The molecule has 1 aromatic rings. The van der Waals surface area contributed by atoms with Gasteiger partial charge in [0.05, 0.1) is 17.6 Å². The predicted octanol–water partition coefficient (Wildman–Crippen LogP) is 1.41. The summed E-state index contributed by atoms with van der Waals surface area (Å²) in [6, 6.07) is 0. The zero-order chi connectivity index (χ0) is 24.1. The lowest BCUT2D eigenvalue weighted by Gasteiger charge is -2.33. The molecule has 1 aromatic heterocycles. The van der Waals surface area contributed by atoms with Gasteiger partial charge in [-0.3, -0.25) is 14.5 Å². The van der Waals surface area contributed by atoms with Crippen LogP contribution in [0.5, 0.6) is 0 Å². The summed E-state index contributed by atoms with van der Waals surface area (Å²) in [7, 11) is 2.13. The van der Waals surface area contributed by atoms with E-state index in [9.17, 15) is 14.4 Å². The Balaban J connectivity index is 1.56. The molecule has 2 amide bonds. The highest BCUT2D eigenvalue weighted by Crippen LogP contribution is 2.24. The summed E-state index contributed by atoms with van der Waals surface area (Å²) in [6.45, 7) is 13.8. The second-order valence-corrected chi connectivity index (χ2v) is 9.61. The van der Waals surface area contributed by atoms with Crippen molar-refractivity contribution in [3.8, 4) is 0 Å². The van der Waals surface area contributed by atoms with E-state index in [1.807, 2.05) is 0 Å². The lowest BCUT2D eigenvalue weighted by Crippen LogP contribution is -2.49. The van der Waals surface area contributed by atoms with Crippen LogP contribution in [-0.4, -0.2) is 103 Å². The molecule has 0 aliphatic carbocycles. The fourth-order valence-corrected chi connectivity index (χ4v) is 4.63. The first-order valence-electron chi connectivity index (χ1n) is 12.1. The SMILES string of the molecule is Cc1[nH]c(C(=O)N2CCCC(C(=O)NCCN3CCN(C)CC3)C2)c(C)c1C(=O)OC(C)C. The van der Waals surface area contributed by atoms with Crippen LogP contribution in [0.4, 0.5) is 0 Å². The van der Waals surface area contributed by atoms with Gasteiger partial charge in [-0.25, -0.2) is 4.79 Å². The summed E-state index contributed by atoms with van der Waals surface area (Å²) in [6.07, 6.45) is 1.32. The first-order valence-corrected chi connectivity index (χ1v) is 12.1. The van der Waals surface area contributed by atoms with Gasteiger partial charge >= 0.3 is 5.97 Å². The Kier molecular flexibility index (Phi) is 8.53. The number of aromatic amines is 1. The van der Waals surface area contributed by atoms with E-state index in [-0.39, 0.29) is 23.8 Å². The van der Waals surface area contributed by atoms with Crippen molar-refractivity contribution in [3.63, 3.8) is 0 Å². The number of aryl methyl sites for hydroxylation is 1. The minimum absolute atomic E-state index is 0.0159. The Bertz CT molecular complexity index is 857. The third-order valence-electron chi connectivity index (χ3n) is 6.60. The summed E-state index contributed by atoms with van der Waals surface area (Å²) in [4.78, 5) is 48.0. The number of esters is 1. The number of hydrogen-bond acceptors (Lipinski definition) is 6. The molecule has 184 valence electrons. The van der Waals surface area contributed by atoms with Crippen molar-refractivity contribution in [1.29, 1.82) is 0 Å². The summed E-state index contributed by atoms with van der Waals surface area (Å²) in [5, 5.41) is 3.07. The van der Waals surface area contributed by atoms with Gasteiger partial charge in [0.15, 0.2) is 0 Å². The number of piperazine rings is 1. The molecule has 2 saturated heterocycles. The molecule has 0 bridgehead atoms. The van der Waals surface area contributed by atoms with Gasteiger partial charge in [-0.05, 0) is 53.1 Å². The van der Waals surface area contributed by atoms with Crippen LogP contribution in [0.25, 0.3) is 0 Å². The van der Waals surface area contributed by atoms with E-state index in [0.717, 1.165) is 45.6 Å². The highest BCUT2D eigenvalue weighted by atomic mass is 16.5. The minimum atomic E-state index is -0.424. The number of carbonyl (C=O) groups is 3. The maximum Gasteiger partial charge on any atom is 0.340 e. The zero-order valence-corrected chi connectivity index (χ0v) is 20.7. The standard InChI is InChI=1S/C24H39N5O4/c1-16(2)33-24(32)20-17(3)21(26-18(20)4)23(31)29-9-6-7-19(15-29)22(30)25-8-10-28-13-11-27(5)12-14-28/h16,19,26H,6-15H2,1-5H3,(H,25,30). The minimum Gasteiger partial charge on any atom is -0.459 e. The van der Waals surface area contributed by atoms with Crippen LogP contribution in [-0.2, 0) is 9.53 Å². The van der Waals surface area contributed by atoms with Crippen LogP contribution in [0.1, 0.15) is 58.8 Å². The normalized spacial score (nSPS) is 20.2. The van der Waals surface area contributed by atoms with Crippen LogP contribution in [0.15, 0.2) is 0 Å². The molecular formula is C24H39N5O4. The van der Waals surface area contributed by atoms with Gasteiger partial charge in [0.2, 0.25) is 5.91 Å². The van der Waals surface area contributed by atoms with E-state index in [1.54, 1.807) is 32.6 Å². The number of aromatic nitrogens is 1. The topological polar surface area (TPSA) is 98.0 Å². The molecule has 2 fully saturated rings. The number of nitrogens with one attached hydrogen (secondary N) is 2. The molecular weight excluding hydrogens is 422 g/mol. The Morgan fingerprint density at radius 1 is 1.12 bits per heavy atom. The van der Waals surface area contributed by atoms with Gasteiger partial charge in [-0.1, -0.05) is 0 Å². The van der Waals surface area contributed by atoms with Gasteiger partial charge in [-0.15, -0.1) is 0 Å². The van der Waals surface area contributed by atoms with Crippen molar-refractivity contribution < 1.29 is 19.1 Å². The number of likely N-dealkylation sites (tertiary alicyclic amines) is 1. The summed E-state index contributed by atoms with van der Waals surface area (Å²) in [5.74, 6) is -0.792. The summed E-state index contributed by atoms with van der Waals surface area (Å²) < 4.78 is 5.33. The second kappa shape index (κ2) is 11.2. The number of amides is 2. The van der Waals surface area contributed by atoms with E-state index in [2.05, 4.69) is 27.1 Å². The van der Waals surface area contributed by atoms with Crippen LogP contribution in [0, 0.1) is 19.8 Å². The average molecular weight is 462 g/mol. The van der Waals surface area contributed by atoms with Crippen molar-refractivity contribution in [2.45, 2.75) is 46.6 Å². The van der Waals surface area contributed by atoms with Crippen LogP contribution < -0.4 is 5.32 Å². The fraction of sp³-hybridized carbons (Fsp3) is 0.708. The number of H-pyrrole nitrogens is 1. The number of nitrogens with zero attached hydrogens (tertiary/aromatic N) is 3. The lowest BCUT2D eigenvalue weighted by atomic mass is 9.96. The molecule has 1 atom stereocenters. The molecule has 1 unspecified atom stereocenters. The Morgan fingerprint density at radius 2 is 1.82 bits per heavy atom. The average Bonchev–Trinajstić information content (AvgIpc) is 3.08. The quantitative estimate of drug-likeness (QED) is 0.596. The van der Waals surface area contributed by atoms with Crippen molar-refractivity contribution in [2.24, 2.45) is 5.92 Å². The maximum absolute atomic E-state index is 13.2. The van der Waals surface area contributed by atoms with E-state index in [4.69, 9.17) is 4.74 Å². The van der Waals surface area contributed by atoms with Gasteiger partial charge in [0, 0.05) is 58.1 Å². The number of rotatable bonds is 7. The Labute approximate surface area is 196 Å². The van der Waals surface area contributed by atoms with Crippen molar-refractivity contribution in [1.82, 2.24) is 25.0 Å². The van der Waals surface area contributed by atoms with E-state index in [1.165, 1.54) is 0 Å². The molecule has 0 radical (unpaired) electrons. The largest absolute Gasteiger partial charge is 0.459 e. The van der Waals surface area contributed by atoms with Gasteiger partial charge in [0.25, 0.3) is 5.91 Å². The molecule has 2 N–H and O–H groups in total. The number of carbonyl (C=O) groups excluding carboxylic acids is 3. The number of likely N-dealkylation sites (N-methyl/N-ethyl adjacent to an activating group) is 1. The Hall–Kier alpha value is -2.39. The monoisotopic (exact) mass is 461 g/mol. The van der Waals surface area contributed by atoms with Crippen LogP contribution in [0.2, 0.25) is 0 Å². The van der Waals surface area contributed by atoms with E-state index >= 15 is 0 Å². The van der Waals surface area contributed by atoms with E-state index < -0.39 is 5.97 Å². The molecule has 0 spiro atoms. The third-order valence-corrected chi connectivity index (χ3v) is 6.60. The number of piperidine rings is 1. The third kappa shape index (κ3) is 6.35. The van der Waals surface area contributed by atoms with Crippen LogP contribution in [0.3, 0.4) is 0 Å². The van der Waals surface area contributed by atoms with Gasteiger partial charge < -0.3 is 24.8 Å². The van der Waals surface area contributed by atoms with Gasteiger partial charge in [-0.2, -0.15) is 0 Å². The fourth-order valence-electron chi connectivity index (χ4n) is 4.63. The Morgan fingerprint density at radius 3 is 2.48 bits per heavy atom. The maximum atomic E-state index is 13.2. The molecule has 2 aliphatic rings. The van der Waals surface area contributed by atoms with Crippen molar-refractivity contribution in [2.75, 3.05) is 59.4 Å². The second-order valence-electron chi connectivity index (χ2n) is 9.61.